The Morgan fingerprint density at radius 3 is 2.60 bits per heavy atom. The third-order valence-corrected chi connectivity index (χ3v) is 3.53. The number of nitrogens with one attached hydrogen (secondary N) is 1. The number of hydrogen-bond donors (Lipinski definition) is 2. The number of carbonyl (C=O) groups excluding carboxylic acids is 1. The van der Waals surface area contributed by atoms with Crippen LogP contribution < -0.4 is 11.1 Å². The van der Waals surface area contributed by atoms with Gasteiger partial charge in [-0.15, -0.1) is 0 Å². The van der Waals surface area contributed by atoms with Crippen molar-refractivity contribution in [3.05, 3.63) is 0 Å². The molecule has 0 bridgehead atoms. The smallest absolute Gasteiger partial charge is 0.225 e. The van der Waals surface area contributed by atoms with Crippen molar-refractivity contribution in [3.8, 4) is 0 Å². The fourth-order valence-corrected chi connectivity index (χ4v) is 2.25. The monoisotopic (exact) mass is 212 g/mol. The second-order valence-corrected chi connectivity index (χ2v) is 5.16. The largest absolute Gasteiger partial charge is 0.355 e. The Kier molecular flexibility index (Phi) is 4.58. The first kappa shape index (κ1) is 12.5. The third kappa shape index (κ3) is 3.49. The molecule has 1 unspecified atom stereocenters. The molecule has 0 aromatic rings. The zero-order valence-corrected chi connectivity index (χ0v) is 10.0. The van der Waals surface area contributed by atoms with Crippen LogP contribution in [0.5, 0.6) is 0 Å². The molecule has 1 fully saturated rings. The molecule has 0 aromatic carbocycles. The minimum Gasteiger partial charge on any atom is -0.355 e. The molecule has 3 N–H and O–H groups in total. The summed E-state index contributed by atoms with van der Waals surface area (Å²) >= 11 is 0. The van der Waals surface area contributed by atoms with Gasteiger partial charge in [-0.1, -0.05) is 26.7 Å². The van der Waals surface area contributed by atoms with E-state index < -0.39 is 0 Å². The molecule has 1 aliphatic rings. The van der Waals surface area contributed by atoms with E-state index in [1.165, 1.54) is 12.8 Å². The minimum absolute atomic E-state index is 0.0948. The van der Waals surface area contributed by atoms with Gasteiger partial charge >= 0.3 is 0 Å². The topological polar surface area (TPSA) is 55.1 Å². The molecule has 0 radical (unpaired) electrons. The van der Waals surface area contributed by atoms with Crippen LogP contribution in [-0.4, -0.2) is 19.0 Å². The van der Waals surface area contributed by atoms with Gasteiger partial charge in [-0.3, -0.25) is 4.79 Å². The van der Waals surface area contributed by atoms with Crippen molar-refractivity contribution in [3.63, 3.8) is 0 Å². The highest BCUT2D eigenvalue weighted by molar-refractivity contribution is 5.82. The first-order valence-electron chi connectivity index (χ1n) is 6.07. The average Bonchev–Trinajstić information content (AvgIpc) is 2.63. The van der Waals surface area contributed by atoms with Crippen LogP contribution >= 0.6 is 0 Å². The van der Waals surface area contributed by atoms with E-state index in [4.69, 9.17) is 5.73 Å². The first-order chi connectivity index (χ1) is 7.08. The lowest BCUT2D eigenvalue weighted by Crippen LogP contribution is -2.39. The molecule has 1 amide bonds. The number of hydrogen-bond acceptors (Lipinski definition) is 2. The number of nitrogens with two attached hydrogens (primary N) is 1. The van der Waals surface area contributed by atoms with Gasteiger partial charge in [-0.25, -0.2) is 0 Å². The van der Waals surface area contributed by atoms with E-state index in [-0.39, 0.29) is 11.3 Å². The number of carbonyl (C=O) groups is 1. The van der Waals surface area contributed by atoms with Crippen molar-refractivity contribution in [2.75, 3.05) is 13.1 Å². The molecule has 1 atom stereocenters. The van der Waals surface area contributed by atoms with Gasteiger partial charge in [0.15, 0.2) is 0 Å². The molecular weight excluding hydrogens is 188 g/mol. The van der Waals surface area contributed by atoms with Gasteiger partial charge in [0.2, 0.25) is 5.91 Å². The summed E-state index contributed by atoms with van der Waals surface area (Å²) in [5.41, 5.74) is 5.38. The molecule has 3 nitrogen and oxygen atoms in total. The highest BCUT2D eigenvalue weighted by atomic mass is 16.2. The van der Waals surface area contributed by atoms with E-state index in [1.807, 2.05) is 0 Å². The predicted octanol–water partition coefficient (Wildman–Crippen LogP) is 1.67. The summed E-state index contributed by atoms with van der Waals surface area (Å²) in [5.74, 6) is 0.729. The van der Waals surface area contributed by atoms with Gasteiger partial charge in [-0.2, -0.15) is 0 Å². The van der Waals surface area contributed by atoms with Crippen LogP contribution in [-0.2, 0) is 4.79 Å². The lowest BCUT2D eigenvalue weighted by Gasteiger charge is -2.23. The van der Waals surface area contributed by atoms with E-state index in [2.05, 4.69) is 19.2 Å². The zero-order valence-electron chi connectivity index (χ0n) is 10.0. The number of rotatable bonds is 5. The Bertz CT molecular complexity index is 210. The van der Waals surface area contributed by atoms with Gasteiger partial charge in [-0.05, 0) is 31.7 Å². The fraction of sp³-hybridized carbons (Fsp3) is 0.917. The Balaban J connectivity index is 2.29. The van der Waals surface area contributed by atoms with Crippen molar-refractivity contribution < 1.29 is 4.79 Å². The van der Waals surface area contributed by atoms with Gasteiger partial charge in [0.05, 0.1) is 0 Å². The highest BCUT2D eigenvalue weighted by Gasteiger charge is 2.35. The van der Waals surface area contributed by atoms with E-state index >= 15 is 0 Å². The summed E-state index contributed by atoms with van der Waals surface area (Å²) in [5, 5.41) is 3.06. The average molecular weight is 212 g/mol. The summed E-state index contributed by atoms with van der Waals surface area (Å²) in [7, 11) is 0. The second kappa shape index (κ2) is 5.50. The Labute approximate surface area is 92.8 Å². The van der Waals surface area contributed by atoms with Crippen LogP contribution in [0.2, 0.25) is 0 Å². The molecule has 0 aromatic heterocycles. The van der Waals surface area contributed by atoms with Crippen molar-refractivity contribution in [1.29, 1.82) is 0 Å². The molecule has 0 saturated heterocycles. The summed E-state index contributed by atoms with van der Waals surface area (Å²) in [4.78, 5) is 11.9. The molecule has 1 rings (SSSR count). The molecule has 1 saturated carbocycles. The number of amides is 1. The molecule has 0 spiro atoms. The molecule has 88 valence electrons. The summed E-state index contributed by atoms with van der Waals surface area (Å²) in [6, 6.07) is 0. The SMILES string of the molecule is CC(CCN)CNC(=O)C1(C)CCCC1. The standard InChI is InChI=1S/C12H24N2O/c1-10(5-8-13)9-14-11(15)12(2)6-3-4-7-12/h10H,3-9,13H2,1-2H3,(H,14,15). The molecule has 0 heterocycles. The van der Waals surface area contributed by atoms with Crippen molar-refractivity contribution in [1.82, 2.24) is 5.32 Å². The van der Waals surface area contributed by atoms with Crippen LogP contribution in [0, 0.1) is 11.3 Å². The fourth-order valence-electron chi connectivity index (χ4n) is 2.25. The van der Waals surface area contributed by atoms with Crippen LogP contribution in [0.3, 0.4) is 0 Å². The van der Waals surface area contributed by atoms with Crippen molar-refractivity contribution in [2.45, 2.75) is 46.0 Å². The summed E-state index contributed by atoms with van der Waals surface area (Å²) in [6.45, 7) is 5.69. The van der Waals surface area contributed by atoms with Gasteiger partial charge in [0.1, 0.15) is 0 Å². The molecule has 3 heteroatoms. The van der Waals surface area contributed by atoms with E-state index in [0.29, 0.717) is 12.5 Å². The van der Waals surface area contributed by atoms with E-state index in [0.717, 1.165) is 25.8 Å². The van der Waals surface area contributed by atoms with Gasteiger partial charge < -0.3 is 11.1 Å². The molecule has 15 heavy (non-hydrogen) atoms. The van der Waals surface area contributed by atoms with E-state index in [1.54, 1.807) is 0 Å². The predicted molar refractivity (Wildman–Crippen MR) is 62.4 cm³/mol. The van der Waals surface area contributed by atoms with Gasteiger partial charge in [0, 0.05) is 12.0 Å². The summed E-state index contributed by atoms with van der Waals surface area (Å²) < 4.78 is 0. The molecule has 0 aliphatic heterocycles. The highest BCUT2D eigenvalue weighted by Crippen LogP contribution is 2.37. The normalized spacial score (nSPS) is 21.3. The van der Waals surface area contributed by atoms with Crippen LogP contribution in [0.15, 0.2) is 0 Å². The van der Waals surface area contributed by atoms with Gasteiger partial charge in [0.25, 0.3) is 0 Å². The summed E-state index contributed by atoms with van der Waals surface area (Å²) in [6.07, 6.45) is 5.47. The second-order valence-electron chi connectivity index (χ2n) is 5.16. The third-order valence-electron chi connectivity index (χ3n) is 3.53. The molecule has 1 aliphatic carbocycles. The molecular formula is C12H24N2O. The zero-order chi connectivity index (χ0) is 11.3. The first-order valence-corrected chi connectivity index (χ1v) is 6.07. The maximum atomic E-state index is 11.9. The lowest BCUT2D eigenvalue weighted by atomic mass is 9.87. The van der Waals surface area contributed by atoms with Crippen LogP contribution in [0.25, 0.3) is 0 Å². The quantitative estimate of drug-likeness (QED) is 0.728. The Morgan fingerprint density at radius 1 is 1.47 bits per heavy atom. The van der Waals surface area contributed by atoms with Crippen molar-refractivity contribution in [2.24, 2.45) is 17.1 Å². The van der Waals surface area contributed by atoms with E-state index in [9.17, 15) is 4.79 Å². The Morgan fingerprint density at radius 2 is 2.07 bits per heavy atom. The van der Waals surface area contributed by atoms with Crippen LogP contribution in [0.4, 0.5) is 0 Å². The minimum atomic E-state index is -0.0948. The van der Waals surface area contributed by atoms with Crippen molar-refractivity contribution >= 4 is 5.91 Å². The Hall–Kier alpha value is -0.570. The van der Waals surface area contributed by atoms with Crippen LogP contribution in [0.1, 0.15) is 46.0 Å². The maximum absolute atomic E-state index is 11.9. The lowest BCUT2D eigenvalue weighted by molar-refractivity contribution is -0.130. The maximum Gasteiger partial charge on any atom is 0.225 e.